The second-order valence-corrected chi connectivity index (χ2v) is 6.71. The van der Waals surface area contributed by atoms with Crippen molar-refractivity contribution in [2.24, 2.45) is 0 Å². The van der Waals surface area contributed by atoms with E-state index in [0.717, 1.165) is 42.6 Å². The Morgan fingerprint density at radius 2 is 1.92 bits per heavy atom. The van der Waals surface area contributed by atoms with Gasteiger partial charge in [0, 0.05) is 31.8 Å². The predicted molar refractivity (Wildman–Crippen MR) is 92.0 cm³/mol. The lowest BCUT2D eigenvalue weighted by molar-refractivity contribution is 0.0674. The molecule has 2 aliphatic rings. The van der Waals surface area contributed by atoms with Crippen molar-refractivity contribution >= 4 is 0 Å². The van der Waals surface area contributed by atoms with Crippen LogP contribution in [-0.2, 0) is 17.8 Å². The van der Waals surface area contributed by atoms with Crippen LogP contribution in [0.2, 0.25) is 0 Å². The Hall–Kier alpha value is -2.18. The molecule has 0 bridgehead atoms. The van der Waals surface area contributed by atoms with Crippen LogP contribution in [0.25, 0.3) is 0 Å². The average Bonchev–Trinajstić information content (AvgIpc) is 3.30. The van der Waals surface area contributed by atoms with Gasteiger partial charge in [0.1, 0.15) is 0 Å². The van der Waals surface area contributed by atoms with E-state index in [-0.39, 0.29) is 12.9 Å². The molecule has 0 radical (unpaired) electrons. The molecule has 0 saturated carbocycles. The lowest BCUT2D eigenvalue weighted by Gasteiger charge is -2.25. The number of halogens is 2. The van der Waals surface area contributed by atoms with E-state index in [0.29, 0.717) is 25.2 Å². The Morgan fingerprint density at radius 1 is 1.04 bits per heavy atom. The summed E-state index contributed by atoms with van der Waals surface area (Å²) in [6, 6.07) is 10.1. The molecule has 0 N–H and O–H groups in total. The quantitative estimate of drug-likeness (QED) is 0.781. The first kappa shape index (κ1) is 17.2. The van der Waals surface area contributed by atoms with E-state index >= 15 is 0 Å². The van der Waals surface area contributed by atoms with Crippen molar-refractivity contribution in [1.82, 2.24) is 4.90 Å². The molecule has 1 saturated heterocycles. The molecule has 0 aliphatic carbocycles. The first-order valence-electron chi connectivity index (χ1n) is 8.84. The number of nitrogens with zero attached hydrogens (tertiary/aromatic N) is 1. The van der Waals surface area contributed by atoms with Crippen LogP contribution in [0.15, 0.2) is 36.4 Å². The van der Waals surface area contributed by atoms with E-state index in [1.165, 1.54) is 0 Å². The van der Waals surface area contributed by atoms with E-state index in [2.05, 4.69) is 4.90 Å². The van der Waals surface area contributed by atoms with Crippen molar-refractivity contribution in [2.45, 2.75) is 32.0 Å². The molecule has 0 spiro atoms. The minimum Gasteiger partial charge on any atom is -0.454 e. The van der Waals surface area contributed by atoms with Crippen LogP contribution in [0, 0.1) is 11.6 Å². The molecule has 4 nitrogen and oxygen atoms in total. The van der Waals surface area contributed by atoms with Crippen LogP contribution in [-0.4, -0.2) is 30.9 Å². The van der Waals surface area contributed by atoms with Crippen LogP contribution in [0.4, 0.5) is 8.78 Å². The van der Waals surface area contributed by atoms with Crippen molar-refractivity contribution in [1.29, 1.82) is 0 Å². The van der Waals surface area contributed by atoms with Crippen molar-refractivity contribution in [3.8, 4) is 11.5 Å². The largest absolute Gasteiger partial charge is 0.454 e. The van der Waals surface area contributed by atoms with E-state index < -0.39 is 11.6 Å². The van der Waals surface area contributed by atoms with Crippen molar-refractivity contribution in [3.05, 3.63) is 59.2 Å². The van der Waals surface area contributed by atoms with Gasteiger partial charge in [-0.1, -0.05) is 18.2 Å². The minimum absolute atomic E-state index is 0.126. The summed E-state index contributed by atoms with van der Waals surface area (Å²) in [5.74, 6) is -0.148. The van der Waals surface area contributed by atoms with Gasteiger partial charge in [0.25, 0.3) is 0 Å². The van der Waals surface area contributed by atoms with Gasteiger partial charge >= 0.3 is 0 Å². The van der Waals surface area contributed by atoms with Gasteiger partial charge in [0.05, 0.1) is 6.10 Å². The summed E-state index contributed by atoms with van der Waals surface area (Å²) in [4.78, 5) is 2.09. The van der Waals surface area contributed by atoms with E-state index in [4.69, 9.17) is 14.2 Å². The van der Waals surface area contributed by atoms with Crippen molar-refractivity contribution in [2.75, 3.05) is 19.9 Å². The third-order valence-corrected chi connectivity index (χ3v) is 4.75. The van der Waals surface area contributed by atoms with Gasteiger partial charge in [-0.3, -0.25) is 4.90 Å². The van der Waals surface area contributed by atoms with Crippen LogP contribution in [0.3, 0.4) is 0 Å². The maximum Gasteiger partial charge on any atom is 0.231 e. The topological polar surface area (TPSA) is 30.9 Å². The smallest absolute Gasteiger partial charge is 0.231 e. The second-order valence-electron chi connectivity index (χ2n) is 6.71. The summed E-state index contributed by atoms with van der Waals surface area (Å²) in [5, 5.41) is 0. The van der Waals surface area contributed by atoms with Gasteiger partial charge < -0.3 is 14.2 Å². The van der Waals surface area contributed by atoms with Crippen LogP contribution in [0.5, 0.6) is 11.5 Å². The van der Waals surface area contributed by atoms with Gasteiger partial charge in [0.15, 0.2) is 23.1 Å². The summed E-state index contributed by atoms with van der Waals surface area (Å²) in [5.41, 5.74) is 1.38. The highest BCUT2D eigenvalue weighted by Crippen LogP contribution is 2.33. The fraction of sp³-hybridized carbons (Fsp3) is 0.400. The molecular weight excluding hydrogens is 340 g/mol. The molecule has 2 aromatic carbocycles. The maximum atomic E-state index is 14.1. The van der Waals surface area contributed by atoms with Crippen molar-refractivity contribution < 1.29 is 23.0 Å². The maximum absolute atomic E-state index is 14.1. The molecule has 0 amide bonds. The molecule has 26 heavy (non-hydrogen) atoms. The van der Waals surface area contributed by atoms with E-state index in [1.807, 2.05) is 18.2 Å². The zero-order valence-electron chi connectivity index (χ0n) is 14.4. The summed E-state index contributed by atoms with van der Waals surface area (Å²) >= 11 is 0. The molecule has 0 aromatic heterocycles. The normalized spacial score (nSPS) is 18.7. The fourth-order valence-electron chi connectivity index (χ4n) is 3.47. The SMILES string of the molecule is Fc1cccc(CN(Cc2ccc3c(c2)OCO3)CC2CCCO2)c1F. The molecule has 4 rings (SSSR count). The summed E-state index contributed by atoms with van der Waals surface area (Å²) in [7, 11) is 0. The van der Waals surface area contributed by atoms with Crippen LogP contribution in [0.1, 0.15) is 24.0 Å². The summed E-state index contributed by atoms with van der Waals surface area (Å²) in [6.45, 7) is 2.57. The Balaban J connectivity index is 1.53. The monoisotopic (exact) mass is 361 g/mol. The average molecular weight is 361 g/mol. The number of hydrogen-bond acceptors (Lipinski definition) is 4. The lowest BCUT2D eigenvalue weighted by Crippen LogP contribution is -2.31. The van der Waals surface area contributed by atoms with E-state index in [1.54, 1.807) is 12.1 Å². The number of fused-ring (bicyclic) bond motifs is 1. The van der Waals surface area contributed by atoms with Crippen molar-refractivity contribution in [3.63, 3.8) is 0 Å². The number of benzene rings is 2. The third-order valence-electron chi connectivity index (χ3n) is 4.75. The van der Waals surface area contributed by atoms with E-state index in [9.17, 15) is 8.78 Å². The molecule has 1 atom stereocenters. The predicted octanol–water partition coefficient (Wildman–Crippen LogP) is 3.87. The number of hydrogen-bond donors (Lipinski definition) is 0. The zero-order valence-corrected chi connectivity index (χ0v) is 14.4. The summed E-state index contributed by atoms with van der Waals surface area (Å²) in [6.07, 6.45) is 2.15. The zero-order chi connectivity index (χ0) is 17.9. The fourth-order valence-corrected chi connectivity index (χ4v) is 3.47. The standard InChI is InChI=1S/C20H21F2NO3/c21-17-5-1-3-15(20(17)22)11-23(12-16-4-2-8-24-16)10-14-6-7-18-19(9-14)26-13-25-18/h1,3,5-7,9,16H,2,4,8,10-13H2. The van der Waals surface area contributed by atoms with Gasteiger partial charge in [-0.2, -0.15) is 0 Å². The molecule has 6 heteroatoms. The molecule has 2 heterocycles. The van der Waals surface area contributed by atoms with Gasteiger partial charge in [-0.05, 0) is 36.6 Å². The minimum atomic E-state index is -0.817. The number of rotatable bonds is 6. The molecule has 1 fully saturated rings. The highest BCUT2D eigenvalue weighted by atomic mass is 19.2. The molecular formula is C20H21F2NO3. The number of ether oxygens (including phenoxy) is 3. The highest BCUT2D eigenvalue weighted by molar-refractivity contribution is 5.44. The molecule has 1 unspecified atom stereocenters. The highest BCUT2D eigenvalue weighted by Gasteiger charge is 2.22. The van der Waals surface area contributed by atoms with Crippen LogP contribution < -0.4 is 9.47 Å². The summed E-state index contributed by atoms with van der Waals surface area (Å²) < 4.78 is 44.2. The Labute approximate surface area is 151 Å². The molecule has 138 valence electrons. The molecule has 2 aliphatic heterocycles. The van der Waals surface area contributed by atoms with Crippen LogP contribution >= 0.6 is 0 Å². The van der Waals surface area contributed by atoms with Gasteiger partial charge in [0.2, 0.25) is 6.79 Å². The van der Waals surface area contributed by atoms with Gasteiger partial charge in [-0.25, -0.2) is 8.78 Å². The second kappa shape index (κ2) is 7.60. The Kier molecular flexibility index (Phi) is 5.04. The Morgan fingerprint density at radius 3 is 2.77 bits per heavy atom. The lowest BCUT2D eigenvalue weighted by atomic mass is 10.1. The first-order valence-corrected chi connectivity index (χ1v) is 8.84. The third kappa shape index (κ3) is 3.81. The first-order chi connectivity index (χ1) is 12.7. The molecule has 2 aromatic rings. The van der Waals surface area contributed by atoms with Gasteiger partial charge in [-0.15, -0.1) is 0 Å². The Bertz CT molecular complexity index is 778.